The molecule has 0 radical (unpaired) electrons. The molecule has 2 aromatic heterocycles. The zero-order valence-corrected chi connectivity index (χ0v) is 16.3. The van der Waals surface area contributed by atoms with Crippen LogP contribution in [0.4, 0.5) is 10.2 Å². The zero-order chi connectivity index (χ0) is 20.5. The van der Waals surface area contributed by atoms with Crippen LogP contribution in [-0.2, 0) is 11.2 Å². The molecular formula is C24H21FN4O. The maximum absolute atomic E-state index is 13.1. The second-order valence-electron chi connectivity index (χ2n) is 7.88. The first-order valence-corrected chi connectivity index (χ1v) is 10.1. The summed E-state index contributed by atoms with van der Waals surface area (Å²) in [7, 11) is 0. The van der Waals surface area contributed by atoms with Crippen molar-refractivity contribution in [2.75, 3.05) is 5.32 Å². The minimum absolute atomic E-state index is 0.103. The molecule has 1 amide bonds. The molecule has 0 atom stereocenters. The lowest BCUT2D eigenvalue weighted by molar-refractivity contribution is -0.115. The minimum atomic E-state index is -0.205. The molecule has 150 valence electrons. The number of pyridine rings is 1. The van der Waals surface area contributed by atoms with Crippen LogP contribution in [0.25, 0.3) is 10.9 Å². The van der Waals surface area contributed by atoms with Crippen LogP contribution in [0.2, 0.25) is 0 Å². The van der Waals surface area contributed by atoms with Crippen LogP contribution in [0.15, 0.2) is 66.9 Å². The van der Waals surface area contributed by atoms with E-state index in [4.69, 9.17) is 0 Å². The Labute approximate surface area is 173 Å². The maximum atomic E-state index is 13.1. The molecule has 4 aromatic rings. The van der Waals surface area contributed by atoms with E-state index in [1.54, 1.807) is 6.20 Å². The normalized spacial score (nSPS) is 18.2. The van der Waals surface area contributed by atoms with Gasteiger partial charge in [0, 0.05) is 29.3 Å². The van der Waals surface area contributed by atoms with E-state index in [0.29, 0.717) is 17.7 Å². The number of hydrogen-bond acceptors (Lipinski definition) is 3. The molecule has 0 aliphatic heterocycles. The lowest BCUT2D eigenvalue weighted by Gasteiger charge is -2.34. The highest BCUT2D eigenvalue weighted by atomic mass is 19.1. The van der Waals surface area contributed by atoms with Crippen molar-refractivity contribution in [3.05, 3.63) is 89.5 Å². The van der Waals surface area contributed by atoms with E-state index in [1.165, 1.54) is 17.7 Å². The number of hydrogen-bond donors (Lipinski definition) is 2. The van der Waals surface area contributed by atoms with E-state index in [-0.39, 0.29) is 18.1 Å². The van der Waals surface area contributed by atoms with Gasteiger partial charge >= 0.3 is 0 Å². The minimum Gasteiger partial charge on any atom is -0.309 e. The molecule has 30 heavy (non-hydrogen) atoms. The fourth-order valence-corrected chi connectivity index (χ4v) is 4.10. The number of H-pyrrole nitrogens is 1. The zero-order valence-electron chi connectivity index (χ0n) is 16.3. The summed E-state index contributed by atoms with van der Waals surface area (Å²) >= 11 is 0. The average molecular weight is 400 g/mol. The lowest BCUT2D eigenvalue weighted by atomic mass is 9.70. The van der Waals surface area contributed by atoms with Crippen LogP contribution in [0.1, 0.15) is 41.5 Å². The third-order valence-electron chi connectivity index (χ3n) is 5.82. The molecule has 1 aliphatic carbocycles. The number of carbonyl (C=O) groups is 1. The van der Waals surface area contributed by atoms with Crippen molar-refractivity contribution in [1.29, 1.82) is 0 Å². The van der Waals surface area contributed by atoms with Gasteiger partial charge in [-0.2, -0.15) is 5.10 Å². The van der Waals surface area contributed by atoms with Gasteiger partial charge in [-0.25, -0.2) is 4.39 Å². The quantitative estimate of drug-likeness (QED) is 0.498. The molecule has 5 rings (SSSR count). The van der Waals surface area contributed by atoms with Gasteiger partial charge in [-0.15, -0.1) is 0 Å². The van der Waals surface area contributed by atoms with E-state index < -0.39 is 0 Å². The van der Waals surface area contributed by atoms with Crippen LogP contribution < -0.4 is 5.32 Å². The van der Waals surface area contributed by atoms with E-state index >= 15 is 0 Å². The number of carbonyl (C=O) groups excluding carboxylic acids is 1. The summed E-state index contributed by atoms with van der Waals surface area (Å²) in [5, 5.41) is 11.2. The number of amides is 1. The highest BCUT2D eigenvalue weighted by molar-refractivity contribution is 5.92. The molecule has 0 spiro atoms. The van der Waals surface area contributed by atoms with Crippen molar-refractivity contribution >= 4 is 22.6 Å². The Morgan fingerprint density at radius 3 is 2.73 bits per heavy atom. The molecule has 2 heterocycles. The Hall–Kier alpha value is -3.54. The van der Waals surface area contributed by atoms with Crippen LogP contribution in [0.3, 0.4) is 0 Å². The Morgan fingerprint density at radius 2 is 1.90 bits per heavy atom. The van der Waals surface area contributed by atoms with Crippen molar-refractivity contribution in [3.63, 3.8) is 0 Å². The van der Waals surface area contributed by atoms with Crippen LogP contribution in [0.5, 0.6) is 0 Å². The molecule has 0 unspecified atom stereocenters. The van der Waals surface area contributed by atoms with E-state index in [0.717, 1.165) is 35.0 Å². The van der Waals surface area contributed by atoms with Crippen molar-refractivity contribution < 1.29 is 9.18 Å². The summed E-state index contributed by atoms with van der Waals surface area (Å²) in [6, 6.07) is 18.4. The van der Waals surface area contributed by atoms with Crippen molar-refractivity contribution in [2.24, 2.45) is 0 Å². The highest BCUT2D eigenvalue weighted by Crippen LogP contribution is 2.47. The number of nitrogens with one attached hydrogen (secondary N) is 2. The van der Waals surface area contributed by atoms with Crippen LogP contribution in [0, 0.1) is 5.82 Å². The first-order valence-electron chi connectivity index (χ1n) is 10.1. The number of aromatic nitrogens is 3. The van der Waals surface area contributed by atoms with Gasteiger partial charge in [0.25, 0.3) is 0 Å². The number of halogens is 1. The lowest BCUT2D eigenvalue weighted by Crippen LogP contribution is -2.20. The Bertz CT molecular complexity index is 1200. The molecule has 2 N–H and O–H groups in total. The SMILES string of the molecule is O=C(Cc1ccc2ncccc2c1)Nc1cc(C2CC(c3ccc(F)cc3)C2)[nH]n1. The average Bonchev–Trinajstić information content (AvgIpc) is 3.16. The van der Waals surface area contributed by atoms with Crippen molar-refractivity contribution in [1.82, 2.24) is 15.2 Å². The largest absolute Gasteiger partial charge is 0.309 e. The third-order valence-corrected chi connectivity index (χ3v) is 5.82. The molecule has 5 nitrogen and oxygen atoms in total. The standard InChI is InChI=1S/C24H21FN4O/c25-20-6-4-16(5-7-20)18-12-19(13-18)22-14-23(29-28-22)27-24(30)11-15-3-8-21-17(10-15)2-1-9-26-21/h1-10,14,18-19H,11-13H2,(H2,27,28,29,30). The summed E-state index contributed by atoms with van der Waals surface area (Å²) in [6.45, 7) is 0. The van der Waals surface area contributed by atoms with Gasteiger partial charge in [-0.3, -0.25) is 14.9 Å². The first-order chi connectivity index (χ1) is 14.6. The third kappa shape index (κ3) is 3.81. The number of aromatic amines is 1. The second-order valence-corrected chi connectivity index (χ2v) is 7.88. The molecule has 0 bridgehead atoms. The number of nitrogens with zero attached hydrogens (tertiary/aromatic N) is 2. The van der Waals surface area contributed by atoms with Crippen LogP contribution in [-0.4, -0.2) is 21.1 Å². The van der Waals surface area contributed by atoms with Gasteiger partial charge in [0.2, 0.25) is 5.91 Å². The van der Waals surface area contributed by atoms with Crippen molar-refractivity contribution in [3.8, 4) is 0 Å². The fraction of sp³-hybridized carbons (Fsp3) is 0.208. The first kappa shape index (κ1) is 18.5. The topological polar surface area (TPSA) is 70.7 Å². The van der Waals surface area contributed by atoms with Gasteiger partial charge < -0.3 is 5.32 Å². The summed E-state index contributed by atoms with van der Waals surface area (Å²) < 4.78 is 13.1. The Morgan fingerprint density at radius 1 is 1.07 bits per heavy atom. The molecular weight excluding hydrogens is 379 g/mol. The molecule has 1 fully saturated rings. The Kier molecular flexibility index (Phi) is 4.75. The molecule has 1 saturated carbocycles. The molecule has 6 heteroatoms. The molecule has 0 saturated heterocycles. The van der Waals surface area contributed by atoms with Gasteiger partial charge in [-0.05, 0) is 60.2 Å². The van der Waals surface area contributed by atoms with Gasteiger partial charge in [0.15, 0.2) is 5.82 Å². The second kappa shape index (κ2) is 7.71. The van der Waals surface area contributed by atoms with E-state index in [1.807, 2.05) is 48.5 Å². The van der Waals surface area contributed by atoms with E-state index in [9.17, 15) is 9.18 Å². The predicted octanol–water partition coefficient (Wildman–Crippen LogP) is 4.94. The van der Waals surface area contributed by atoms with Gasteiger partial charge in [0.05, 0.1) is 11.9 Å². The monoisotopic (exact) mass is 400 g/mol. The Balaban J connectivity index is 1.17. The summed E-state index contributed by atoms with van der Waals surface area (Å²) in [6.07, 6.45) is 4.02. The molecule has 2 aromatic carbocycles. The molecule has 1 aliphatic rings. The van der Waals surface area contributed by atoms with Gasteiger partial charge in [-0.1, -0.05) is 24.3 Å². The van der Waals surface area contributed by atoms with E-state index in [2.05, 4.69) is 20.5 Å². The fourth-order valence-electron chi connectivity index (χ4n) is 4.10. The van der Waals surface area contributed by atoms with Gasteiger partial charge in [0.1, 0.15) is 5.82 Å². The van der Waals surface area contributed by atoms with Crippen LogP contribution >= 0.6 is 0 Å². The maximum Gasteiger partial charge on any atom is 0.229 e. The summed E-state index contributed by atoms with van der Waals surface area (Å²) in [4.78, 5) is 16.7. The van der Waals surface area contributed by atoms with Crippen molar-refractivity contribution in [2.45, 2.75) is 31.1 Å². The number of anilines is 1. The number of rotatable bonds is 5. The summed E-state index contributed by atoms with van der Waals surface area (Å²) in [5.41, 5.74) is 4.05. The number of benzene rings is 2. The highest BCUT2D eigenvalue weighted by Gasteiger charge is 2.32. The number of fused-ring (bicyclic) bond motifs is 1. The summed E-state index contributed by atoms with van der Waals surface area (Å²) in [5.74, 6) is 1.06. The smallest absolute Gasteiger partial charge is 0.229 e. The predicted molar refractivity (Wildman–Crippen MR) is 114 cm³/mol.